The maximum absolute atomic E-state index is 13.2. The number of rotatable bonds is 6. The van der Waals surface area contributed by atoms with Crippen molar-refractivity contribution in [2.24, 2.45) is 0 Å². The molecule has 1 N–H and O–H groups in total. The van der Waals surface area contributed by atoms with Crippen LogP contribution in [0.4, 0.5) is 18.9 Å². The smallest absolute Gasteiger partial charge is 0.325 e. The van der Waals surface area contributed by atoms with Crippen molar-refractivity contribution in [2.45, 2.75) is 41.4 Å². The van der Waals surface area contributed by atoms with Crippen molar-refractivity contribution in [3.8, 4) is 0 Å². The first-order valence-corrected chi connectivity index (χ1v) is 12.0. The van der Waals surface area contributed by atoms with Crippen molar-refractivity contribution in [3.05, 3.63) is 81.8 Å². The third-order valence-corrected chi connectivity index (χ3v) is 7.14. The van der Waals surface area contributed by atoms with E-state index in [9.17, 15) is 22.8 Å². The molecule has 0 radical (unpaired) electrons. The summed E-state index contributed by atoms with van der Waals surface area (Å²) in [5.41, 5.74) is 0.732. The van der Waals surface area contributed by atoms with Crippen LogP contribution in [0.5, 0.6) is 0 Å². The Kier molecular flexibility index (Phi) is 6.85. The zero-order chi connectivity index (χ0) is 23.6. The number of carbonyl (C=O) groups excluding carboxylic acids is 1. The van der Waals surface area contributed by atoms with Gasteiger partial charge in [-0.1, -0.05) is 55.1 Å². The number of amides is 1. The van der Waals surface area contributed by atoms with Gasteiger partial charge in [0.15, 0.2) is 5.16 Å². The summed E-state index contributed by atoms with van der Waals surface area (Å²) in [6, 6.07) is 13.9. The maximum Gasteiger partial charge on any atom is 0.416 e. The van der Waals surface area contributed by atoms with Crippen LogP contribution >= 0.6 is 23.5 Å². The van der Waals surface area contributed by atoms with Gasteiger partial charge in [-0.25, -0.2) is 4.98 Å². The molecule has 1 atom stereocenters. The predicted octanol–water partition coefficient (Wildman–Crippen LogP) is 5.08. The highest BCUT2D eigenvalue weighted by molar-refractivity contribution is 8.00. The van der Waals surface area contributed by atoms with Crippen LogP contribution in [0.2, 0.25) is 0 Å². The Morgan fingerprint density at radius 3 is 2.70 bits per heavy atom. The third kappa shape index (κ3) is 5.62. The number of alkyl halides is 3. The van der Waals surface area contributed by atoms with Crippen molar-refractivity contribution in [1.82, 2.24) is 9.55 Å². The van der Waals surface area contributed by atoms with E-state index in [2.05, 4.69) is 10.3 Å². The van der Waals surface area contributed by atoms with Gasteiger partial charge in [-0.15, -0.1) is 11.8 Å². The molecule has 1 aliphatic rings. The summed E-state index contributed by atoms with van der Waals surface area (Å²) in [4.78, 5) is 30.9. The molecule has 33 heavy (non-hydrogen) atoms. The van der Waals surface area contributed by atoms with Gasteiger partial charge in [-0.2, -0.15) is 13.2 Å². The van der Waals surface area contributed by atoms with E-state index in [1.807, 2.05) is 37.3 Å². The first kappa shape index (κ1) is 23.4. The van der Waals surface area contributed by atoms with Crippen molar-refractivity contribution in [3.63, 3.8) is 0 Å². The Hall–Kier alpha value is -2.72. The Labute approximate surface area is 196 Å². The second-order valence-electron chi connectivity index (χ2n) is 7.60. The number of carbonyl (C=O) groups is 1. The first-order valence-electron chi connectivity index (χ1n) is 10.1. The van der Waals surface area contributed by atoms with Crippen LogP contribution in [0.25, 0.3) is 0 Å². The fourth-order valence-corrected chi connectivity index (χ4v) is 5.38. The zero-order valence-electron chi connectivity index (χ0n) is 17.6. The third-order valence-electron chi connectivity index (χ3n) is 4.95. The fourth-order valence-electron chi connectivity index (χ4n) is 3.45. The van der Waals surface area contributed by atoms with Crippen LogP contribution in [-0.2, 0) is 23.9 Å². The number of nitrogens with one attached hydrogen (secondary N) is 1. The van der Waals surface area contributed by atoms with Crippen LogP contribution < -0.4 is 10.9 Å². The number of hydrogen-bond acceptors (Lipinski definition) is 5. The lowest BCUT2D eigenvalue weighted by Gasteiger charge is -2.14. The number of fused-ring (bicyclic) bond motifs is 1. The Morgan fingerprint density at radius 1 is 1.21 bits per heavy atom. The standard InChI is InChI=1S/C23H20F3N3O2S2/c1-14-10-18-20(33-14)21(31)29(12-15-6-3-2-4-7-15)22(28-18)32-13-19(30)27-17-9-5-8-16(11-17)23(24,25)26/h2-9,11,14H,10,12-13H2,1H3,(H,27,30)/t14-/m1/s1. The second-order valence-corrected chi connectivity index (χ2v) is 9.99. The van der Waals surface area contributed by atoms with Crippen molar-refractivity contribution < 1.29 is 18.0 Å². The average molecular weight is 492 g/mol. The highest BCUT2D eigenvalue weighted by atomic mass is 32.2. The minimum absolute atomic E-state index is 0.0595. The van der Waals surface area contributed by atoms with Gasteiger partial charge in [0, 0.05) is 17.4 Å². The summed E-state index contributed by atoms with van der Waals surface area (Å²) in [6.07, 6.45) is -3.82. The lowest BCUT2D eigenvalue weighted by Crippen LogP contribution is -2.26. The summed E-state index contributed by atoms with van der Waals surface area (Å²) in [5.74, 6) is -0.582. The topological polar surface area (TPSA) is 64.0 Å². The Bertz CT molecular complexity index is 1230. The van der Waals surface area contributed by atoms with Gasteiger partial charge in [0.2, 0.25) is 5.91 Å². The van der Waals surface area contributed by atoms with Crippen LogP contribution in [0.15, 0.2) is 69.4 Å². The molecule has 0 fully saturated rings. The van der Waals surface area contributed by atoms with E-state index in [0.717, 1.165) is 35.2 Å². The minimum atomic E-state index is -4.49. The Balaban J connectivity index is 1.54. The molecule has 5 nitrogen and oxygen atoms in total. The number of thioether (sulfide) groups is 2. The zero-order valence-corrected chi connectivity index (χ0v) is 19.2. The molecule has 0 saturated carbocycles. The molecule has 0 unspecified atom stereocenters. The number of nitrogens with zero attached hydrogens (tertiary/aromatic N) is 2. The molecule has 3 aromatic rings. The molecule has 1 aromatic heterocycles. The average Bonchev–Trinajstić information content (AvgIpc) is 3.15. The monoisotopic (exact) mass is 491 g/mol. The van der Waals surface area contributed by atoms with Gasteiger partial charge >= 0.3 is 6.18 Å². The molecule has 0 bridgehead atoms. The molecule has 1 aliphatic heterocycles. The lowest BCUT2D eigenvalue weighted by molar-refractivity contribution is -0.137. The largest absolute Gasteiger partial charge is 0.416 e. The number of aromatic nitrogens is 2. The Morgan fingerprint density at radius 2 is 1.97 bits per heavy atom. The normalized spacial score (nSPS) is 15.3. The summed E-state index contributed by atoms with van der Waals surface area (Å²) in [6.45, 7) is 2.34. The lowest BCUT2D eigenvalue weighted by atomic mass is 10.2. The second kappa shape index (κ2) is 9.64. The molecule has 0 spiro atoms. The molecular weight excluding hydrogens is 471 g/mol. The summed E-state index contributed by atoms with van der Waals surface area (Å²) < 4.78 is 40.3. The van der Waals surface area contributed by atoms with Gasteiger partial charge in [-0.3, -0.25) is 14.2 Å². The summed E-state index contributed by atoms with van der Waals surface area (Å²) in [7, 11) is 0. The number of halogens is 3. The van der Waals surface area contributed by atoms with Crippen LogP contribution in [0.3, 0.4) is 0 Å². The van der Waals surface area contributed by atoms with E-state index in [-0.39, 0.29) is 22.2 Å². The SMILES string of the molecule is C[C@@H]1Cc2nc(SCC(=O)Nc3cccc(C(F)(F)F)c3)n(Cc3ccccc3)c(=O)c2S1. The van der Waals surface area contributed by atoms with Gasteiger partial charge in [0.05, 0.1) is 28.5 Å². The number of benzene rings is 2. The number of anilines is 1. The van der Waals surface area contributed by atoms with E-state index < -0.39 is 17.6 Å². The van der Waals surface area contributed by atoms with E-state index in [0.29, 0.717) is 23.0 Å². The van der Waals surface area contributed by atoms with Crippen molar-refractivity contribution >= 4 is 35.1 Å². The fraction of sp³-hybridized carbons (Fsp3) is 0.261. The van der Waals surface area contributed by atoms with E-state index in [1.165, 1.54) is 23.9 Å². The molecular formula is C23H20F3N3O2S2. The molecule has 2 aromatic carbocycles. The number of hydrogen-bond donors (Lipinski definition) is 1. The molecule has 1 amide bonds. The minimum Gasteiger partial charge on any atom is -0.325 e. The van der Waals surface area contributed by atoms with Crippen LogP contribution in [0, 0.1) is 0 Å². The molecule has 0 aliphatic carbocycles. The molecule has 2 heterocycles. The van der Waals surface area contributed by atoms with Gasteiger partial charge in [0.25, 0.3) is 5.56 Å². The van der Waals surface area contributed by atoms with Gasteiger partial charge in [-0.05, 0) is 23.8 Å². The van der Waals surface area contributed by atoms with Crippen molar-refractivity contribution in [1.29, 1.82) is 0 Å². The highest BCUT2D eigenvalue weighted by Crippen LogP contribution is 2.34. The molecule has 10 heteroatoms. The van der Waals surface area contributed by atoms with E-state index in [4.69, 9.17) is 0 Å². The van der Waals surface area contributed by atoms with Gasteiger partial charge in [0.1, 0.15) is 0 Å². The summed E-state index contributed by atoms with van der Waals surface area (Å²) >= 11 is 2.60. The van der Waals surface area contributed by atoms with Gasteiger partial charge < -0.3 is 5.32 Å². The highest BCUT2D eigenvalue weighted by Gasteiger charge is 2.30. The first-order chi connectivity index (χ1) is 15.7. The maximum atomic E-state index is 13.2. The predicted molar refractivity (Wildman–Crippen MR) is 124 cm³/mol. The van der Waals surface area contributed by atoms with E-state index in [1.54, 1.807) is 4.57 Å². The van der Waals surface area contributed by atoms with E-state index >= 15 is 0 Å². The van der Waals surface area contributed by atoms with Crippen molar-refractivity contribution in [2.75, 3.05) is 11.1 Å². The molecule has 0 saturated heterocycles. The molecule has 4 rings (SSSR count). The molecule has 172 valence electrons. The van der Waals surface area contributed by atoms with Crippen LogP contribution in [0.1, 0.15) is 23.7 Å². The van der Waals surface area contributed by atoms with Crippen LogP contribution in [-0.4, -0.2) is 26.5 Å². The quantitative estimate of drug-likeness (QED) is 0.385. The summed E-state index contributed by atoms with van der Waals surface area (Å²) in [5, 5.41) is 3.15.